The molecule has 1 fully saturated rings. The maximum absolute atomic E-state index is 12.5. The first-order valence-corrected chi connectivity index (χ1v) is 4.21. The number of nitrogens with two attached hydrogens (primary N) is 1. The van der Waals surface area contributed by atoms with E-state index in [4.69, 9.17) is 5.73 Å². The van der Waals surface area contributed by atoms with Crippen molar-refractivity contribution in [3.8, 4) is 0 Å². The van der Waals surface area contributed by atoms with Crippen LogP contribution in [0.4, 0.5) is 4.39 Å². The zero-order valence-corrected chi connectivity index (χ0v) is 7.07. The van der Waals surface area contributed by atoms with Gasteiger partial charge in [-0.3, -0.25) is 4.99 Å². The summed E-state index contributed by atoms with van der Waals surface area (Å²) in [6.07, 6.45) is 3.34. The van der Waals surface area contributed by atoms with E-state index in [2.05, 4.69) is 9.98 Å². The van der Waals surface area contributed by atoms with Crippen LogP contribution >= 0.6 is 0 Å². The van der Waals surface area contributed by atoms with Gasteiger partial charge in [0.15, 0.2) is 0 Å². The Kier molecular flexibility index (Phi) is 1.96. The largest absolute Gasteiger partial charge is 0.382 e. The highest BCUT2D eigenvalue weighted by molar-refractivity contribution is 5.95. The van der Waals surface area contributed by atoms with E-state index in [0.29, 0.717) is 17.6 Å². The predicted molar refractivity (Wildman–Crippen MR) is 47.9 cm³/mol. The Bertz CT molecular complexity index is 327. The fourth-order valence-electron chi connectivity index (χ4n) is 0.994. The lowest BCUT2D eigenvalue weighted by Gasteiger charge is -1.98. The molecule has 68 valence electrons. The standard InChI is InChI=1S/C9H10FN3/c10-6-1-4-8(12-5-6)9(11)13-7-2-3-7/h1,4-5,7H,2-3H2,(H2,11,13). The third-order valence-corrected chi connectivity index (χ3v) is 1.86. The van der Waals surface area contributed by atoms with Crippen molar-refractivity contribution in [1.29, 1.82) is 0 Å². The van der Waals surface area contributed by atoms with Crippen molar-refractivity contribution in [2.75, 3.05) is 0 Å². The molecule has 1 aromatic heterocycles. The Labute approximate surface area is 75.5 Å². The highest BCUT2D eigenvalue weighted by atomic mass is 19.1. The van der Waals surface area contributed by atoms with Crippen LogP contribution in [-0.2, 0) is 0 Å². The van der Waals surface area contributed by atoms with Crippen LogP contribution in [0.25, 0.3) is 0 Å². The molecule has 3 nitrogen and oxygen atoms in total. The van der Waals surface area contributed by atoms with Crippen LogP contribution in [0.1, 0.15) is 18.5 Å². The summed E-state index contributed by atoms with van der Waals surface area (Å²) in [5.74, 6) is 0.0467. The summed E-state index contributed by atoms with van der Waals surface area (Å²) in [7, 11) is 0. The molecule has 0 saturated heterocycles. The number of aromatic nitrogens is 1. The van der Waals surface area contributed by atoms with E-state index in [1.807, 2.05) is 0 Å². The summed E-state index contributed by atoms with van der Waals surface area (Å²) < 4.78 is 12.5. The van der Waals surface area contributed by atoms with Crippen LogP contribution in [0.15, 0.2) is 23.3 Å². The van der Waals surface area contributed by atoms with Crippen LogP contribution in [0.5, 0.6) is 0 Å². The molecule has 1 aliphatic rings. The lowest BCUT2D eigenvalue weighted by atomic mass is 10.3. The van der Waals surface area contributed by atoms with E-state index < -0.39 is 0 Å². The van der Waals surface area contributed by atoms with Gasteiger partial charge in [-0.25, -0.2) is 9.37 Å². The maximum Gasteiger partial charge on any atom is 0.144 e. The first-order chi connectivity index (χ1) is 6.25. The molecule has 2 N–H and O–H groups in total. The Morgan fingerprint density at radius 2 is 2.31 bits per heavy atom. The number of halogens is 1. The molecule has 0 amide bonds. The topological polar surface area (TPSA) is 51.3 Å². The third kappa shape index (κ3) is 2.02. The van der Waals surface area contributed by atoms with Gasteiger partial charge in [-0.1, -0.05) is 0 Å². The molecule has 1 saturated carbocycles. The summed E-state index contributed by atoms with van der Waals surface area (Å²) in [5.41, 5.74) is 6.20. The third-order valence-electron chi connectivity index (χ3n) is 1.86. The number of amidine groups is 1. The van der Waals surface area contributed by atoms with Crippen LogP contribution in [0.3, 0.4) is 0 Å². The summed E-state index contributed by atoms with van der Waals surface area (Å²) >= 11 is 0. The summed E-state index contributed by atoms with van der Waals surface area (Å²) in [5, 5.41) is 0. The van der Waals surface area contributed by atoms with Crippen molar-refractivity contribution in [2.24, 2.45) is 10.7 Å². The Hall–Kier alpha value is -1.45. The van der Waals surface area contributed by atoms with Crippen LogP contribution in [0.2, 0.25) is 0 Å². The second-order valence-electron chi connectivity index (χ2n) is 3.11. The van der Waals surface area contributed by atoms with Gasteiger partial charge in [0.05, 0.1) is 12.2 Å². The molecule has 0 unspecified atom stereocenters. The van der Waals surface area contributed by atoms with E-state index in [-0.39, 0.29) is 5.82 Å². The lowest BCUT2D eigenvalue weighted by molar-refractivity contribution is 0.621. The second kappa shape index (κ2) is 3.12. The molecule has 0 aromatic carbocycles. The molecular weight excluding hydrogens is 169 g/mol. The summed E-state index contributed by atoms with van der Waals surface area (Å²) in [6.45, 7) is 0. The monoisotopic (exact) mass is 179 g/mol. The van der Waals surface area contributed by atoms with Crippen molar-refractivity contribution in [1.82, 2.24) is 4.98 Å². The molecule has 0 spiro atoms. The maximum atomic E-state index is 12.5. The number of hydrogen-bond donors (Lipinski definition) is 1. The number of rotatable bonds is 2. The molecule has 0 radical (unpaired) electrons. The van der Waals surface area contributed by atoms with Gasteiger partial charge in [-0.15, -0.1) is 0 Å². The van der Waals surface area contributed by atoms with Gasteiger partial charge in [0, 0.05) is 0 Å². The molecule has 2 rings (SSSR count). The van der Waals surface area contributed by atoms with E-state index >= 15 is 0 Å². The van der Waals surface area contributed by atoms with Gasteiger partial charge in [0.1, 0.15) is 17.3 Å². The predicted octanol–water partition coefficient (Wildman–Crippen LogP) is 1.09. The molecule has 13 heavy (non-hydrogen) atoms. The first kappa shape index (κ1) is 8.16. The molecule has 1 heterocycles. The molecule has 0 atom stereocenters. The van der Waals surface area contributed by atoms with Crippen molar-refractivity contribution < 1.29 is 4.39 Å². The van der Waals surface area contributed by atoms with E-state index in [1.54, 1.807) is 0 Å². The van der Waals surface area contributed by atoms with Crippen molar-refractivity contribution >= 4 is 5.84 Å². The summed E-state index contributed by atoms with van der Waals surface area (Å²) in [6, 6.07) is 3.24. The van der Waals surface area contributed by atoms with Gasteiger partial charge in [-0.2, -0.15) is 0 Å². The highest BCUT2D eigenvalue weighted by Gasteiger charge is 2.20. The smallest absolute Gasteiger partial charge is 0.144 e. The van der Waals surface area contributed by atoms with Gasteiger partial charge in [0.2, 0.25) is 0 Å². The fourth-order valence-corrected chi connectivity index (χ4v) is 0.994. The van der Waals surface area contributed by atoms with E-state index in [9.17, 15) is 4.39 Å². The molecule has 1 aliphatic carbocycles. The van der Waals surface area contributed by atoms with Gasteiger partial charge in [-0.05, 0) is 25.0 Å². The zero-order chi connectivity index (χ0) is 9.26. The average molecular weight is 179 g/mol. The lowest BCUT2D eigenvalue weighted by Crippen LogP contribution is -2.15. The number of pyridine rings is 1. The number of hydrogen-bond acceptors (Lipinski definition) is 2. The SMILES string of the molecule is NC(=NC1CC1)c1ccc(F)cn1. The fraction of sp³-hybridized carbons (Fsp3) is 0.333. The molecule has 1 aromatic rings. The number of nitrogens with zero attached hydrogens (tertiary/aromatic N) is 2. The minimum absolute atomic E-state index is 0.358. The zero-order valence-electron chi connectivity index (χ0n) is 7.07. The van der Waals surface area contributed by atoms with Crippen LogP contribution in [0, 0.1) is 5.82 Å². The molecule has 0 aliphatic heterocycles. The summed E-state index contributed by atoms with van der Waals surface area (Å²) in [4.78, 5) is 8.03. The van der Waals surface area contributed by atoms with Gasteiger partial charge in [0.25, 0.3) is 0 Å². The normalized spacial score (nSPS) is 17.5. The Morgan fingerprint density at radius 3 is 2.85 bits per heavy atom. The minimum atomic E-state index is -0.358. The van der Waals surface area contributed by atoms with Crippen molar-refractivity contribution in [2.45, 2.75) is 18.9 Å². The second-order valence-corrected chi connectivity index (χ2v) is 3.11. The van der Waals surface area contributed by atoms with Gasteiger partial charge >= 0.3 is 0 Å². The highest BCUT2D eigenvalue weighted by Crippen LogP contribution is 2.23. The average Bonchev–Trinajstić information content (AvgIpc) is 2.89. The van der Waals surface area contributed by atoms with E-state index in [1.165, 1.54) is 12.1 Å². The minimum Gasteiger partial charge on any atom is -0.382 e. The molecule has 4 heteroatoms. The Morgan fingerprint density at radius 1 is 1.54 bits per heavy atom. The molecule has 0 bridgehead atoms. The Balaban J connectivity index is 2.19. The number of aliphatic imine (C=N–C) groups is 1. The van der Waals surface area contributed by atoms with E-state index in [0.717, 1.165) is 19.0 Å². The van der Waals surface area contributed by atoms with Crippen LogP contribution < -0.4 is 5.73 Å². The quantitative estimate of drug-likeness (QED) is 0.545. The van der Waals surface area contributed by atoms with Gasteiger partial charge < -0.3 is 5.73 Å². The van der Waals surface area contributed by atoms with Crippen molar-refractivity contribution in [3.63, 3.8) is 0 Å². The first-order valence-electron chi connectivity index (χ1n) is 4.21. The van der Waals surface area contributed by atoms with Crippen molar-refractivity contribution in [3.05, 3.63) is 29.8 Å². The molecular formula is C9H10FN3. The van der Waals surface area contributed by atoms with Crippen LogP contribution in [-0.4, -0.2) is 16.9 Å².